The normalized spacial score (nSPS) is 13.0. The predicted molar refractivity (Wildman–Crippen MR) is 46.8 cm³/mol. The third-order valence-corrected chi connectivity index (χ3v) is 1.98. The second kappa shape index (κ2) is 6.85. The molecule has 1 unspecified atom stereocenters. The maximum absolute atomic E-state index is 5.44. The predicted octanol–water partition coefficient (Wildman–Crippen LogP) is 3.58. The van der Waals surface area contributed by atoms with Crippen LogP contribution in [0.4, 0.5) is 0 Å². The van der Waals surface area contributed by atoms with Gasteiger partial charge in [-0.15, -0.1) is 0 Å². The van der Waals surface area contributed by atoms with Gasteiger partial charge < -0.3 is 0 Å². The maximum atomic E-state index is 5.44. The van der Waals surface area contributed by atoms with Gasteiger partial charge in [0.05, 0.1) is 0 Å². The van der Waals surface area contributed by atoms with Crippen LogP contribution in [0.5, 0.6) is 0 Å². The molecule has 0 amide bonds. The van der Waals surface area contributed by atoms with E-state index in [0.717, 1.165) is 0 Å². The average Bonchev–Trinajstić information content (AvgIpc) is 1.99. The minimum atomic E-state index is 0.659. The Balaban J connectivity index is 3.17. The molecule has 0 saturated heterocycles. The zero-order valence-corrected chi connectivity index (χ0v) is 7.27. The molecule has 10 heavy (non-hydrogen) atoms. The Hall–Kier alpha value is -0.260. The number of hydrogen-bond donors (Lipinski definition) is 0. The van der Waals surface area contributed by atoms with Crippen molar-refractivity contribution in [3.05, 3.63) is 12.7 Å². The first-order chi connectivity index (χ1) is 4.85. The smallest absolute Gasteiger partial charge is 0.0233 e. The first-order valence-electron chi connectivity index (χ1n) is 4.40. The summed E-state index contributed by atoms with van der Waals surface area (Å²) in [7, 11) is 0. The molecule has 0 aliphatic heterocycles. The third-order valence-electron chi connectivity index (χ3n) is 1.98. The highest BCUT2D eigenvalue weighted by Crippen LogP contribution is 2.13. The molecule has 0 N–H and O–H groups in total. The lowest BCUT2D eigenvalue weighted by molar-refractivity contribution is 0.527. The fraction of sp³-hybridized carbons (Fsp3) is 0.800. The molecule has 0 fully saturated rings. The molecule has 0 nitrogen and oxygen atoms in total. The van der Waals surface area contributed by atoms with Crippen molar-refractivity contribution in [2.24, 2.45) is 5.92 Å². The lowest BCUT2D eigenvalue weighted by Gasteiger charge is -2.07. The summed E-state index contributed by atoms with van der Waals surface area (Å²) in [6, 6.07) is 0. The second-order valence-corrected chi connectivity index (χ2v) is 2.86. The van der Waals surface area contributed by atoms with Crippen molar-refractivity contribution in [2.45, 2.75) is 46.0 Å². The molecule has 0 aliphatic rings. The Labute approximate surface area is 65.3 Å². The minimum absolute atomic E-state index is 0.659. The van der Waals surface area contributed by atoms with Crippen LogP contribution >= 0.6 is 0 Å². The van der Waals surface area contributed by atoms with E-state index in [0.29, 0.717) is 5.92 Å². The van der Waals surface area contributed by atoms with Crippen LogP contribution in [0.15, 0.2) is 6.08 Å². The minimum Gasteiger partial charge on any atom is -0.0814 e. The summed E-state index contributed by atoms with van der Waals surface area (Å²) < 4.78 is 0. The molecule has 0 saturated carbocycles. The van der Waals surface area contributed by atoms with Crippen LogP contribution in [-0.4, -0.2) is 0 Å². The van der Waals surface area contributed by atoms with Gasteiger partial charge in [0.15, 0.2) is 0 Å². The van der Waals surface area contributed by atoms with Crippen LogP contribution in [0.2, 0.25) is 0 Å². The van der Waals surface area contributed by atoms with Crippen LogP contribution in [0.1, 0.15) is 46.0 Å². The molecule has 0 bridgehead atoms. The SMILES string of the molecule is [CH]=CC(CC)CCCCC. The van der Waals surface area contributed by atoms with E-state index in [1.54, 1.807) is 0 Å². The van der Waals surface area contributed by atoms with Crippen molar-refractivity contribution in [3.8, 4) is 0 Å². The highest BCUT2D eigenvalue weighted by molar-refractivity contribution is 4.74. The summed E-state index contributed by atoms with van der Waals surface area (Å²) in [5.74, 6) is 0.659. The van der Waals surface area contributed by atoms with Gasteiger partial charge >= 0.3 is 0 Å². The van der Waals surface area contributed by atoms with Gasteiger partial charge in [-0.05, 0) is 18.8 Å². The molecule has 0 spiro atoms. The van der Waals surface area contributed by atoms with Crippen molar-refractivity contribution >= 4 is 0 Å². The van der Waals surface area contributed by atoms with E-state index in [9.17, 15) is 0 Å². The highest BCUT2D eigenvalue weighted by Gasteiger charge is 1.98. The van der Waals surface area contributed by atoms with Gasteiger partial charge in [-0.3, -0.25) is 0 Å². The largest absolute Gasteiger partial charge is 0.0814 e. The van der Waals surface area contributed by atoms with E-state index < -0.39 is 0 Å². The summed E-state index contributed by atoms with van der Waals surface area (Å²) in [6.45, 7) is 9.86. The third kappa shape index (κ3) is 4.60. The van der Waals surface area contributed by atoms with Gasteiger partial charge in [-0.2, -0.15) is 0 Å². The fourth-order valence-electron chi connectivity index (χ4n) is 1.09. The molecule has 0 aliphatic carbocycles. The van der Waals surface area contributed by atoms with Crippen molar-refractivity contribution in [2.75, 3.05) is 0 Å². The standard InChI is InChI=1S/C10H19/c1-4-7-8-9-10(5-2)6-3/h2,5,10H,4,6-9H2,1,3H3. The second-order valence-electron chi connectivity index (χ2n) is 2.86. The quantitative estimate of drug-likeness (QED) is 0.493. The lowest BCUT2D eigenvalue weighted by Crippen LogP contribution is -1.92. The van der Waals surface area contributed by atoms with Crippen molar-refractivity contribution in [1.82, 2.24) is 0 Å². The summed E-state index contributed by atoms with van der Waals surface area (Å²) in [5, 5.41) is 0. The van der Waals surface area contributed by atoms with Gasteiger partial charge in [-0.1, -0.05) is 45.8 Å². The zero-order valence-electron chi connectivity index (χ0n) is 7.27. The van der Waals surface area contributed by atoms with Gasteiger partial charge in [0.1, 0.15) is 0 Å². The summed E-state index contributed by atoms with van der Waals surface area (Å²) in [6.07, 6.45) is 8.31. The van der Waals surface area contributed by atoms with Gasteiger partial charge in [0.2, 0.25) is 0 Å². The Morgan fingerprint density at radius 1 is 1.30 bits per heavy atom. The Kier molecular flexibility index (Phi) is 6.68. The number of unbranched alkanes of at least 4 members (excludes halogenated alkanes) is 2. The molecular weight excluding hydrogens is 120 g/mol. The van der Waals surface area contributed by atoms with Crippen molar-refractivity contribution in [1.29, 1.82) is 0 Å². The van der Waals surface area contributed by atoms with Crippen LogP contribution in [-0.2, 0) is 0 Å². The molecular formula is C10H19. The first kappa shape index (κ1) is 9.74. The number of rotatable bonds is 6. The van der Waals surface area contributed by atoms with E-state index in [1.165, 1.54) is 32.1 Å². The molecule has 1 radical (unpaired) electrons. The van der Waals surface area contributed by atoms with E-state index in [2.05, 4.69) is 13.8 Å². The van der Waals surface area contributed by atoms with Gasteiger partial charge in [-0.25, -0.2) is 0 Å². The summed E-state index contributed by atoms with van der Waals surface area (Å²) in [4.78, 5) is 0. The number of allylic oxidation sites excluding steroid dienone is 1. The zero-order chi connectivity index (χ0) is 7.82. The van der Waals surface area contributed by atoms with Crippen LogP contribution in [0.3, 0.4) is 0 Å². The first-order valence-corrected chi connectivity index (χ1v) is 4.40. The summed E-state index contributed by atoms with van der Waals surface area (Å²) >= 11 is 0. The summed E-state index contributed by atoms with van der Waals surface area (Å²) in [5.41, 5.74) is 0. The Bertz CT molecular complexity index is 74.1. The van der Waals surface area contributed by atoms with E-state index >= 15 is 0 Å². The monoisotopic (exact) mass is 139 g/mol. The van der Waals surface area contributed by atoms with E-state index in [1.807, 2.05) is 6.08 Å². The molecule has 59 valence electrons. The molecule has 0 aromatic heterocycles. The molecule has 1 atom stereocenters. The van der Waals surface area contributed by atoms with Gasteiger partial charge in [0.25, 0.3) is 0 Å². The van der Waals surface area contributed by atoms with Crippen LogP contribution in [0, 0.1) is 12.5 Å². The number of hydrogen-bond acceptors (Lipinski definition) is 0. The Morgan fingerprint density at radius 2 is 2.00 bits per heavy atom. The average molecular weight is 139 g/mol. The Morgan fingerprint density at radius 3 is 2.40 bits per heavy atom. The molecule has 0 aromatic carbocycles. The maximum Gasteiger partial charge on any atom is -0.0233 e. The van der Waals surface area contributed by atoms with E-state index in [4.69, 9.17) is 6.58 Å². The fourth-order valence-corrected chi connectivity index (χ4v) is 1.09. The van der Waals surface area contributed by atoms with Crippen LogP contribution < -0.4 is 0 Å². The molecule has 0 heteroatoms. The van der Waals surface area contributed by atoms with Crippen LogP contribution in [0.25, 0.3) is 0 Å². The molecule has 0 aromatic rings. The van der Waals surface area contributed by atoms with E-state index in [-0.39, 0.29) is 0 Å². The lowest BCUT2D eigenvalue weighted by atomic mass is 9.99. The highest BCUT2D eigenvalue weighted by atomic mass is 14.0. The van der Waals surface area contributed by atoms with Gasteiger partial charge in [0, 0.05) is 0 Å². The van der Waals surface area contributed by atoms with Crippen molar-refractivity contribution < 1.29 is 0 Å². The van der Waals surface area contributed by atoms with Crippen molar-refractivity contribution in [3.63, 3.8) is 0 Å². The topological polar surface area (TPSA) is 0 Å². The molecule has 0 rings (SSSR count). The molecule has 0 heterocycles.